The van der Waals surface area contributed by atoms with E-state index in [4.69, 9.17) is 0 Å². The van der Waals surface area contributed by atoms with Gasteiger partial charge in [0.15, 0.2) is 0 Å². The first-order chi connectivity index (χ1) is 6.36. The maximum Gasteiger partial charge on any atom is 0.241 e. The van der Waals surface area contributed by atoms with Crippen molar-refractivity contribution in [2.45, 2.75) is 12.8 Å². The summed E-state index contributed by atoms with van der Waals surface area (Å²) in [4.78, 5) is 15.2. The van der Waals surface area contributed by atoms with Crippen molar-refractivity contribution in [2.24, 2.45) is 5.92 Å². The second kappa shape index (κ2) is 3.43. The van der Waals surface area contributed by atoms with Crippen LogP contribution >= 0.6 is 0 Å². The first kappa shape index (κ1) is 8.04. The van der Waals surface area contributed by atoms with Crippen molar-refractivity contribution in [1.82, 2.24) is 10.4 Å². The van der Waals surface area contributed by atoms with Crippen LogP contribution in [0.1, 0.15) is 12.8 Å². The van der Waals surface area contributed by atoms with E-state index >= 15 is 0 Å². The maximum atomic E-state index is 11.2. The number of amides is 1. The van der Waals surface area contributed by atoms with Gasteiger partial charge in [-0.25, -0.2) is 4.98 Å². The van der Waals surface area contributed by atoms with Crippen LogP contribution in [0.3, 0.4) is 0 Å². The highest BCUT2D eigenvalue weighted by Crippen LogP contribution is 2.28. The lowest BCUT2D eigenvalue weighted by Gasteiger charge is -2.05. The average Bonchev–Trinajstić information content (AvgIpc) is 2.99. The lowest BCUT2D eigenvalue weighted by atomic mass is 10.4. The van der Waals surface area contributed by atoms with E-state index < -0.39 is 0 Å². The Hall–Kier alpha value is -1.58. The Bertz CT molecular complexity index is 295. The maximum absolute atomic E-state index is 11.2. The predicted molar refractivity (Wildman–Crippen MR) is 48.7 cm³/mol. The lowest BCUT2D eigenvalue weighted by Crippen LogP contribution is -2.30. The van der Waals surface area contributed by atoms with Gasteiger partial charge < -0.3 is 0 Å². The summed E-state index contributed by atoms with van der Waals surface area (Å²) in [7, 11) is 0. The molecule has 4 heteroatoms. The van der Waals surface area contributed by atoms with Crippen LogP contribution in [0.5, 0.6) is 0 Å². The summed E-state index contributed by atoms with van der Waals surface area (Å²) in [6.07, 6.45) is 3.69. The molecule has 0 bridgehead atoms. The van der Waals surface area contributed by atoms with Gasteiger partial charge in [0.25, 0.3) is 0 Å². The fourth-order valence-electron chi connectivity index (χ4n) is 1.01. The number of aromatic nitrogens is 1. The number of nitrogens with one attached hydrogen (secondary N) is 2. The van der Waals surface area contributed by atoms with Crippen molar-refractivity contribution in [3.63, 3.8) is 0 Å². The normalized spacial score (nSPS) is 15.1. The number of carbonyl (C=O) groups is 1. The van der Waals surface area contributed by atoms with E-state index in [0.29, 0.717) is 5.82 Å². The number of anilines is 1. The predicted octanol–water partition coefficient (Wildman–Crippen LogP) is 0.935. The molecule has 2 rings (SSSR count). The molecule has 0 radical (unpaired) electrons. The van der Waals surface area contributed by atoms with Crippen molar-refractivity contribution in [3.05, 3.63) is 24.4 Å². The smallest absolute Gasteiger partial charge is 0.241 e. The quantitative estimate of drug-likeness (QED) is 0.675. The molecule has 13 heavy (non-hydrogen) atoms. The van der Waals surface area contributed by atoms with Gasteiger partial charge in [0, 0.05) is 12.1 Å². The number of nitrogens with zero attached hydrogens (tertiary/aromatic N) is 1. The molecule has 4 nitrogen and oxygen atoms in total. The molecule has 68 valence electrons. The number of hydrogen-bond acceptors (Lipinski definition) is 3. The number of pyridine rings is 1. The number of rotatable bonds is 3. The topological polar surface area (TPSA) is 54.0 Å². The third kappa shape index (κ3) is 2.18. The Labute approximate surface area is 76.3 Å². The summed E-state index contributed by atoms with van der Waals surface area (Å²) in [5, 5.41) is 0. The van der Waals surface area contributed by atoms with E-state index in [-0.39, 0.29) is 11.8 Å². The average molecular weight is 177 g/mol. The van der Waals surface area contributed by atoms with E-state index in [9.17, 15) is 4.79 Å². The molecule has 0 spiro atoms. The first-order valence-corrected chi connectivity index (χ1v) is 4.33. The summed E-state index contributed by atoms with van der Waals surface area (Å²) in [6, 6.07) is 5.49. The summed E-state index contributed by atoms with van der Waals surface area (Å²) in [5.74, 6) is 0.943. The molecule has 1 aromatic heterocycles. The van der Waals surface area contributed by atoms with E-state index in [2.05, 4.69) is 15.8 Å². The Morgan fingerprint density at radius 3 is 2.92 bits per heavy atom. The van der Waals surface area contributed by atoms with Gasteiger partial charge in [-0.15, -0.1) is 0 Å². The molecule has 0 aromatic carbocycles. The van der Waals surface area contributed by atoms with Gasteiger partial charge in [-0.1, -0.05) is 6.07 Å². The van der Waals surface area contributed by atoms with Gasteiger partial charge in [0.1, 0.15) is 5.82 Å². The van der Waals surface area contributed by atoms with Gasteiger partial charge in [-0.2, -0.15) is 0 Å². The van der Waals surface area contributed by atoms with Crippen molar-refractivity contribution >= 4 is 11.7 Å². The Morgan fingerprint density at radius 1 is 1.46 bits per heavy atom. The van der Waals surface area contributed by atoms with Gasteiger partial charge in [-0.3, -0.25) is 15.6 Å². The zero-order chi connectivity index (χ0) is 9.10. The van der Waals surface area contributed by atoms with E-state index in [1.165, 1.54) is 0 Å². The molecule has 1 amide bonds. The first-order valence-electron chi connectivity index (χ1n) is 4.33. The van der Waals surface area contributed by atoms with Gasteiger partial charge >= 0.3 is 0 Å². The van der Waals surface area contributed by atoms with Crippen LogP contribution in [0.2, 0.25) is 0 Å². The zero-order valence-corrected chi connectivity index (χ0v) is 7.16. The number of carbonyl (C=O) groups excluding carboxylic acids is 1. The molecule has 1 aliphatic carbocycles. The van der Waals surface area contributed by atoms with Crippen LogP contribution in [0.4, 0.5) is 5.82 Å². The Kier molecular flexibility index (Phi) is 2.12. The number of hydrazine groups is 1. The zero-order valence-electron chi connectivity index (χ0n) is 7.16. The largest absolute Gasteiger partial charge is 0.282 e. The molecular formula is C9H11N3O. The highest BCUT2D eigenvalue weighted by Gasteiger charge is 2.29. The third-order valence-electron chi connectivity index (χ3n) is 1.93. The molecule has 0 saturated heterocycles. The standard InChI is InChI=1S/C9H11N3O/c13-9(7-4-5-7)12-11-8-3-1-2-6-10-8/h1-3,6-7H,4-5H2,(H,10,11)(H,12,13). The summed E-state index contributed by atoms with van der Waals surface area (Å²) < 4.78 is 0. The van der Waals surface area contributed by atoms with Crippen molar-refractivity contribution in [2.75, 3.05) is 5.43 Å². The minimum Gasteiger partial charge on any atom is -0.282 e. The Morgan fingerprint density at radius 2 is 2.31 bits per heavy atom. The monoisotopic (exact) mass is 177 g/mol. The molecule has 2 N–H and O–H groups in total. The van der Waals surface area contributed by atoms with Crippen LogP contribution in [0, 0.1) is 5.92 Å². The van der Waals surface area contributed by atoms with E-state index in [1.54, 1.807) is 12.3 Å². The SMILES string of the molecule is O=C(NNc1ccccn1)C1CC1. The molecule has 1 aromatic rings. The molecular weight excluding hydrogens is 166 g/mol. The molecule has 0 aliphatic heterocycles. The molecule has 0 atom stereocenters. The van der Waals surface area contributed by atoms with Crippen LogP contribution in [-0.4, -0.2) is 10.9 Å². The van der Waals surface area contributed by atoms with Crippen LogP contribution < -0.4 is 10.9 Å². The minimum atomic E-state index is 0.0608. The van der Waals surface area contributed by atoms with E-state index in [1.807, 2.05) is 12.1 Å². The summed E-state index contributed by atoms with van der Waals surface area (Å²) in [5.41, 5.74) is 5.36. The van der Waals surface area contributed by atoms with Gasteiger partial charge in [0.2, 0.25) is 5.91 Å². The van der Waals surface area contributed by atoms with Crippen LogP contribution in [-0.2, 0) is 4.79 Å². The second-order valence-corrected chi connectivity index (χ2v) is 3.10. The van der Waals surface area contributed by atoms with Gasteiger partial charge in [0.05, 0.1) is 0 Å². The van der Waals surface area contributed by atoms with Crippen molar-refractivity contribution in [1.29, 1.82) is 0 Å². The fourth-order valence-corrected chi connectivity index (χ4v) is 1.01. The molecule has 1 heterocycles. The molecule has 1 fully saturated rings. The lowest BCUT2D eigenvalue weighted by molar-refractivity contribution is -0.121. The number of hydrogen-bond donors (Lipinski definition) is 2. The second-order valence-electron chi connectivity index (χ2n) is 3.10. The minimum absolute atomic E-state index is 0.0608. The summed E-state index contributed by atoms with van der Waals surface area (Å²) >= 11 is 0. The van der Waals surface area contributed by atoms with Gasteiger partial charge in [-0.05, 0) is 25.0 Å². The molecule has 0 unspecified atom stereocenters. The Balaban J connectivity index is 1.82. The van der Waals surface area contributed by atoms with E-state index in [0.717, 1.165) is 12.8 Å². The fraction of sp³-hybridized carbons (Fsp3) is 0.333. The highest BCUT2D eigenvalue weighted by atomic mass is 16.2. The third-order valence-corrected chi connectivity index (χ3v) is 1.93. The molecule has 1 aliphatic rings. The molecule has 1 saturated carbocycles. The van der Waals surface area contributed by atoms with Crippen molar-refractivity contribution < 1.29 is 4.79 Å². The summed E-state index contributed by atoms with van der Waals surface area (Å²) in [6.45, 7) is 0. The van der Waals surface area contributed by atoms with Crippen LogP contribution in [0.25, 0.3) is 0 Å². The van der Waals surface area contributed by atoms with Crippen LogP contribution in [0.15, 0.2) is 24.4 Å². The van der Waals surface area contributed by atoms with Crippen molar-refractivity contribution in [3.8, 4) is 0 Å². The highest BCUT2D eigenvalue weighted by molar-refractivity contribution is 5.81.